The highest BCUT2D eigenvalue weighted by atomic mass is 32.2. The van der Waals surface area contributed by atoms with Crippen LogP contribution in [0, 0.1) is 6.92 Å². The molecule has 1 aromatic heterocycles. The minimum absolute atomic E-state index is 0.163. The zero-order valence-corrected chi connectivity index (χ0v) is 20.8. The van der Waals surface area contributed by atoms with E-state index in [0.717, 1.165) is 0 Å². The number of aryl methyl sites for hydroxylation is 1. The number of aromatic amines is 1. The molecular formula is C24H29N5O5S. The molecule has 0 spiro atoms. The standard InChI is InChI=1S/C24H29N5O5S/c1-16-8-9-18(14-21(16)35(32,33)29-10-12-34-13-11-29)25-23(30)17(2)28(3)15-22-26-20-7-5-4-6-19(20)24(31)27-22/h4-9,14,17H,10-13,15H2,1-3H3,(H,25,30)(H,26,27,31)/t17-/m1/s1. The van der Waals surface area contributed by atoms with Crippen LogP contribution in [-0.4, -0.2) is 72.9 Å². The summed E-state index contributed by atoms with van der Waals surface area (Å²) in [6, 6.07) is 11.3. The Kier molecular flexibility index (Phi) is 7.31. The van der Waals surface area contributed by atoms with E-state index < -0.39 is 16.1 Å². The van der Waals surface area contributed by atoms with Crippen LogP contribution < -0.4 is 10.9 Å². The van der Waals surface area contributed by atoms with Crippen molar-refractivity contribution in [3.8, 4) is 0 Å². The molecule has 1 atom stereocenters. The van der Waals surface area contributed by atoms with Gasteiger partial charge in [-0.1, -0.05) is 18.2 Å². The summed E-state index contributed by atoms with van der Waals surface area (Å²) in [5.74, 6) is 0.138. The van der Waals surface area contributed by atoms with E-state index in [-0.39, 0.29) is 22.9 Å². The number of carbonyl (C=O) groups is 1. The number of ether oxygens (including phenoxy) is 1. The van der Waals surface area contributed by atoms with Crippen molar-refractivity contribution in [3.05, 3.63) is 64.2 Å². The molecular weight excluding hydrogens is 470 g/mol. The number of morpholine rings is 1. The van der Waals surface area contributed by atoms with E-state index in [4.69, 9.17) is 4.74 Å². The molecule has 0 bridgehead atoms. The summed E-state index contributed by atoms with van der Waals surface area (Å²) >= 11 is 0. The van der Waals surface area contributed by atoms with Gasteiger partial charge in [0.05, 0.1) is 41.6 Å². The quantitative estimate of drug-likeness (QED) is 0.507. The molecule has 1 aliphatic heterocycles. The van der Waals surface area contributed by atoms with Crippen LogP contribution in [0.3, 0.4) is 0 Å². The number of carbonyl (C=O) groups excluding carboxylic acids is 1. The van der Waals surface area contributed by atoms with Crippen LogP contribution in [0.2, 0.25) is 0 Å². The first-order valence-corrected chi connectivity index (χ1v) is 12.8. The topological polar surface area (TPSA) is 125 Å². The van der Waals surface area contributed by atoms with Gasteiger partial charge >= 0.3 is 0 Å². The van der Waals surface area contributed by atoms with Gasteiger partial charge in [0.25, 0.3) is 5.56 Å². The SMILES string of the molecule is Cc1ccc(NC(=O)[C@@H](C)N(C)Cc2nc3ccccc3c(=O)[nH]2)cc1S(=O)(=O)N1CCOCC1. The number of sulfonamides is 1. The summed E-state index contributed by atoms with van der Waals surface area (Å²) in [5.41, 5.74) is 1.35. The third-order valence-corrected chi connectivity index (χ3v) is 8.19. The largest absolute Gasteiger partial charge is 0.379 e. The van der Waals surface area contributed by atoms with Gasteiger partial charge in [-0.2, -0.15) is 4.31 Å². The first-order valence-electron chi connectivity index (χ1n) is 11.3. The van der Waals surface area contributed by atoms with Crippen LogP contribution in [0.5, 0.6) is 0 Å². The molecule has 0 radical (unpaired) electrons. The van der Waals surface area contributed by atoms with Crippen LogP contribution in [0.25, 0.3) is 10.9 Å². The van der Waals surface area contributed by atoms with Crippen molar-refractivity contribution in [2.75, 3.05) is 38.7 Å². The Hall–Kier alpha value is -3.12. The molecule has 2 heterocycles. The number of hydrogen-bond acceptors (Lipinski definition) is 7. The zero-order chi connectivity index (χ0) is 25.2. The highest BCUT2D eigenvalue weighted by Gasteiger charge is 2.28. The fourth-order valence-corrected chi connectivity index (χ4v) is 5.57. The van der Waals surface area contributed by atoms with E-state index in [1.807, 2.05) is 6.07 Å². The van der Waals surface area contributed by atoms with Gasteiger partial charge in [0, 0.05) is 18.8 Å². The van der Waals surface area contributed by atoms with E-state index in [0.29, 0.717) is 54.3 Å². The molecule has 0 aliphatic carbocycles. The van der Waals surface area contributed by atoms with Crippen LogP contribution in [0.15, 0.2) is 52.2 Å². The lowest BCUT2D eigenvalue weighted by Gasteiger charge is -2.27. The Balaban J connectivity index is 1.47. The van der Waals surface area contributed by atoms with Gasteiger partial charge in [0.15, 0.2) is 0 Å². The summed E-state index contributed by atoms with van der Waals surface area (Å²) in [6.07, 6.45) is 0. The summed E-state index contributed by atoms with van der Waals surface area (Å²) in [4.78, 5) is 34.4. The molecule has 186 valence electrons. The average molecular weight is 500 g/mol. The molecule has 1 amide bonds. The van der Waals surface area contributed by atoms with Gasteiger partial charge in [-0.3, -0.25) is 14.5 Å². The maximum Gasteiger partial charge on any atom is 0.258 e. The maximum absolute atomic E-state index is 13.1. The number of rotatable bonds is 7. The minimum Gasteiger partial charge on any atom is -0.379 e. The second kappa shape index (κ2) is 10.2. The van der Waals surface area contributed by atoms with Gasteiger partial charge in [-0.15, -0.1) is 0 Å². The first-order chi connectivity index (χ1) is 16.7. The van der Waals surface area contributed by atoms with Crippen molar-refractivity contribution >= 4 is 32.5 Å². The van der Waals surface area contributed by atoms with E-state index >= 15 is 0 Å². The van der Waals surface area contributed by atoms with Gasteiger partial charge in [-0.25, -0.2) is 13.4 Å². The second-order valence-electron chi connectivity index (χ2n) is 8.61. The van der Waals surface area contributed by atoms with Gasteiger partial charge in [0.2, 0.25) is 15.9 Å². The highest BCUT2D eigenvalue weighted by molar-refractivity contribution is 7.89. The van der Waals surface area contributed by atoms with Crippen molar-refractivity contribution in [1.82, 2.24) is 19.2 Å². The Labute approximate surface area is 204 Å². The van der Waals surface area contributed by atoms with Crippen molar-refractivity contribution in [2.45, 2.75) is 31.3 Å². The Bertz CT molecular complexity index is 1400. The maximum atomic E-state index is 13.1. The molecule has 2 N–H and O–H groups in total. The van der Waals surface area contributed by atoms with Crippen molar-refractivity contribution in [2.24, 2.45) is 0 Å². The van der Waals surface area contributed by atoms with E-state index in [2.05, 4.69) is 15.3 Å². The number of aromatic nitrogens is 2. The molecule has 11 heteroatoms. The zero-order valence-electron chi connectivity index (χ0n) is 19.9. The number of fused-ring (bicyclic) bond motifs is 1. The fourth-order valence-electron chi connectivity index (χ4n) is 3.91. The van der Waals surface area contributed by atoms with E-state index in [1.165, 1.54) is 10.4 Å². The van der Waals surface area contributed by atoms with Crippen LogP contribution in [0.1, 0.15) is 18.3 Å². The predicted octanol–water partition coefficient (Wildman–Crippen LogP) is 1.71. The smallest absolute Gasteiger partial charge is 0.258 e. The van der Waals surface area contributed by atoms with Crippen LogP contribution in [0.4, 0.5) is 5.69 Å². The number of H-pyrrole nitrogens is 1. The summed E-state index contributed by atoms with van der Waals surface area (Å²) in [6.45, 7) is 5.02. The monoisotopic (exact) mass is 499 g/mol. The lowest BCUT2D eigenvalue weighted by Crippen LogP contribution is -2.41. The number of nitrogens with zero attached hydrogens (tertiary/aromatic N) is 3. The minimum atomic E-state index is -3.70. The Morgan fingerprint density at radius 3 is 2.69 bits per heavy atom. The lowest BCUT2D eigenvalue weighted by atomic mass is 10.2. The molecule has 4 rings (SSSR count). The summed E-state index contributed by atoms with van der Waals surface area (Å²) in [7, 11) is -1.95. The molecule has 0 unspecified atom stereocenters. The fraction of sp³-hybridized carbons (Fsp3) is 0.375. The Morgan fingerprint density at radius 2 is 1.94 bits per heavy atom. The number of para-hydroxylation sites is 1. The molecule has 10 nitrogen and oxygen atoms in total. The number of amides is 1. The number of benzene rings is 2. The van der Waals surface area contributed by atoms with Gasteiger partial charge < -0.3 is 15.0 Å². The highest BCUT2D eigenvalue weighted by Crippen LogP contribution is 2.24. The third-order valence-electron chi connectivity index (χ3n) is 6.15. The van der Waals surface area contributed by atoms with Gasteiger partial charge in [0.1, 0.15) is 5.82 Å². The third kappa shape index (κ3) is 5.43. The number of hydrogen-bond donors (Lipinski definition) is 2. The van der Waals surface area contributed by atoms with E-state index in [1.54, 1.807) is 56.1 Å². The molecule has 35 heavy (non-hydrogen) atoms. The molecule has 1 fully saturated rings. The van der Waals surface area contributed by atoms with Crippen LogP contribution in [-0.2, 0) is 26.1 Å². The molecule has 3 aromatic rings. The summed E-state index contributed by atoms with van der Waals surface area (Å²) < 4.78 is 32.9. The average Bonchev–Trinajstić information content (AvgIpc) is 2.85. The molecule has 1 aliphatic rings. The number of likely N-dealkylation sites (N-methyl/N-ethyl adjacent to an activating group) is 1. The summed E-state index contributed by atoms with van der Waals surface area (Å²) in [5, 5.41) is 3.32. The van der Waals surface area contributed by atoms with Crippen molar-refractivity contribution < 1.29 is 17.9 Å². The molecule has 2 aromatic carbocycles. The first kappa shape index (κ1) is 25.0. The lowest BCUT2D eigenvalue weighted by molar-refractivity contribution is -0.120. The predicted molar refractivity (Wildman–Crippen MR) is 133 cm³/mol. The number of nitrogens with one attached hydrogen (secondary N) is 2. The Morgan fingerprint density at radius 1 is 1.23 bits per heavy atom. The number of anilines is 1. The van der Waals surface area contributed by atoms with E-state index in [9.17, 15) is 18.0 Å². The molecule has 1 saturated heterocycles. The van der Waals surface area contributed by atoms with Crippen molar-refractivity contribution in [1.29, 1.82) is 0 Å². The van der Waals surface area contributed by atoms with Crippen LogP contribution >= 0.6 is 0 Å². The normalized spacial score (nSPS) is 15.9. The van der Waals surface area contributed by atoms with Crippen molar-refractivity contribution in [3.63, 3.8) is 0 Å². The molecule has 0 saturated carbocycles. The second-order valence-corrected chi connectivity index (χ2v) is 10.5. The van der Waals surface area contributed by atoms with Gasteiger partial charge in [-0.05, 0) is 50.7 Å².